The SMILES string of the molecule is COc1ccc(Cl)c(C2=CC3NC(=O)N(c4cncc5cc(Cl)ccc45)C(=O)C3S2)c1. The molecule has 0 bridgehead atoms. The first-order valence-electron chi connectivity index (χ1n) is 9.36. The van der Waals surface area contributed by atoms with Gasteiger partial charge in [-0.2, -0.15) is 0 Å². The number of anilines is 1. The maximum absolute atomic E-state index is 13.4. The molecule has 2 unspecified atom stereocenters. The van der Waals surface area contributed by atoms with Crippen LogP contribution >= 0.6 is 35.0 Å². The lowest BCUT2D eigenvalue weighted by Crippen LogP contribution is -2.60. The Hall–Kier alpha value is -2.74. The summed E-state index contributed by atoms with van der Waals surface area (Å²) in [7, 11) is 1.58. The van der Waals surface area contributed by atoms with Gasteiger partial charge in [-0.3, -0.25) is 9.78 Å². The number of hydrogen-bond acceptors (Lipinski definition) is 5. The number of rotatable bonds is 3. The fraction of sp³-hybridized carbons (Fsp3) is 0.136. The van der Waals surface area contributed by atoms with E-state index in [9.17, 15) is 9.59 Å². The van der Waals surface area contributed by atoms with E-state index in [1.54, 1.807) is 43.6 Å². The Balaban J connectivity index is 1.50. The monoisotopic (exact) mass is 471 g/mol. The zero-order valence-corrected chi connectivity index (χ0v) is 18.5. The topological polar surface area (TPSA) is 71.5 Å². The zero-order valence-electron chi connectivity index (χ0n) is 16.1. The Labute approximate surface area is 192 Å². The van der Waals surface area contributed by atoms with Crippen LogP contribution in [0.5, 0.6) is 5.75 Å². The summed E-state index contributed by atoms with van der Waals surface area (Å²) in [6, 6.07) is 9.66. The molecule has 2 aromatic carbocycles. The molecular formula is C22H15Cl2N3O3S. The number of urea groups is 1. The zero-order chi connectivity index (χ0) is 21.7. The molecule has 3 aromatic rings. The second-order valence-corrected chi connectivity index (χ2v) is 9.12. The highest BCUT2D eigenvalue weighted by Gasteiger charge is 2.45. The van der Waals surface area contributed by atoms with Crippen molar-refractivity contribution in [2.45, 2.75) is 11.3 Å². The van der Waals surface area contributed by atoms with Crippen molar-refractivity contribution in [3.05, 3.63) is 70.5 Å². The summed E-state index contributed by atoms with van der Waals surface area (Å²) >= 11 is 13.8. The molecule has 0 radical (unpaired) electrons. The molecule has 5 rings (SSSR count). The quantitative estimate of drug-likeness (QED) is 0.572. The minimum absolute atomic E-state index is 0.312. The van der Waals surface area contributed by atoms with Crippen molar-refractivity contribution in [1.82, 2.24) is 10.3 Å². The highest BCUT2D eigenvalue weighted by atomic mass is 35.5. The van der Waals surface area contributed by atoms with Crippen molar-refractivity contribution < 1.29 is 14.3 Å². The fourth-order valence-corrected chi connectivity index (χ4v) is 5.52. The number of carbonyl (C=O) groups excluding carboxylic acids is 2. The molecule has 1 aromatic heterocycles. The lowest BCUT2D eigenvalue weighted by atomic mass is 10.1. The van der Waals surface area contributed by atoms with Crippen LogP contribution in [0.1, 0.15) is 5.56 Å². The molecule has 1 fully saturated rings. The number of nitrogens with zero attached hydrogens (tertiary/aromatic N) is 2. The highest BCUT2D eigenvalue weighted by Crippen LogP contribution is 2.45. The lowest BCUT2D eigenvalue weighted by molar-refractivity contribution is -0.118. The van der Waals surface area contributed by atoms with Gasteiger partial charge < -0.3 is 10.1 Å². The minimum Gasteiger partial charge on any atom is -0.497 e. The third kappa shape index (κ3) is 3.43. The number of methoxy groups -OCH3 is 1. The van der Waals surface area contributed by atoms with Crippen LogP contribution in [0.25, 0.3) is 15.7 Å². The Morgan fingerprint density at radius 3 is 2.77 bits per heavy atom. The van der Waals surface area contributed by atoms with Gasteiger partial charge >= 0.3 is 6.03 Å². The molecule has 156 valence electrons. The van der Waals surface area contributed by atoms with E-state index < -0.39 is 17.3 Å². The molecule has 31 heavy (non-hydrogen) atoms. The van der Waals surface area contributed by atoms with Gasteiger partial charge in [-0.05, 0) is 36.4 Å². The summed E-state index contributed by atoms with van der Waals surface area (Å²) in [6.45, 7) is 0. The van der Waals surface area contributed by atoms with E-state index in [1.807, 2.05) is 12.1 Å². The summed E-state index contributed by atoms with van der Waals surface area (Å²) in [4.78, 5) is 32.5. The van der Waals surface area contributed by atoms with Crippen LogP contribution in [-0.2, 0) is 4.79 Å². The number of aromatic nitrogens is 1. The van der Waals surface area contributed by atoms with Crippen molar-refractivity contribution >= 4 is 68.3 Å². The molecule has 2 aliphatic heterocycles. The molecule has 3 heterocycles. The molecular weight excluding hydrogens is 457 g/mol. The van der Waals surface area contributed by atoms with E-state index in [4.69, 9.17) is 27.9 Å². The standard InChI is InChI=1S/C22H15Cl2N3O3S/c1-30-13-3-5-16(24)15(7-13)19-8-17-20(31-19)21(28)27(22(29)26-17)18-10-25-9-11-6-12(23)2-4-14(11)18/h2-10,17,20H,1H3,(H,26,29). The highest BCUT2D eigenvalue weighted by molar-refractivity contribution is 8.09. The maximum atomic E-state index is 13.4. The maximum Gasteiger partial charge on any atom is 0.329 e. The molecule has 1 N–H and O–H groups in total. The van der Waals surface area contributed by atoms with E-state index in [0.717, 1.165) is 20.8 Å². The number of imide groups is 1. The lowest BCUT2D eigenvalue weighted by Gasteiger charge is -2.33. The average Bonchev–Trinajstić information content (AvgIpc) is 3.18. The van der Waals surface area contributed by atoms with Gasteiger partial charge in [-0.25, -0.2) is 9.69 Å². The number of amides is 3. The van der Waals surface area contributed by atoms with Crippen LogP contribution in [0, 0.1) is 0 Å². The third-order valence-electron chi connectivity index (χ3n) is 5.25. The molecule has 9 heteroatoms. The largest absolute Gasteiger partial charge is 0.497 e. The smallest absolute Gasteiger partial charge is 0.329 e. The Morgan fingerprint density at radius 1 is 1.13 bits per heavy atom. The third-order valence-corrected chi connectivity index (χ3v) is 7.17. The van der Waals surface area contributed by atoms with Gasteiger partial charge in [0.05, 0.1) is 25.0 Å². The Morgan fingerprint density at radius 2 is 1.97 bits per heavy atom. The van der Waals surface area contributed by atoms with Crippen molar-refractivity contribution in [3.8, 4) is 5.75 Å². The van der Waals surface area contributed by atoms with Crippen LogP contribution in [0.2, 0.25) is 10.0 Å². The van der Waals surface area contributed by atoms with Gasteiger partial charge in [0.1, 0.15) is 11.0 Å². The Bertz CT molecular complexity index is 1280. The van der Waals surface area contributed by atoms with Crippen LogP contribution in [0.3, 0.4) is 0 Å². The van der Waals surface area contributed by atoms with Gasteiger partial charge in [0, 0.05) is 37.5 Å². The van der Waals surface area contributed by atoms with Gasteiger partial charge in [0.2, 0.25) is 0 Å². The van der Waals surface area contributed by atoms with Gasteiger partial charge in [-0.15, -0.1) is 11.8 Å². The molecule has 0 saturated carbocycles. The number of ether oxygens (including phenoxy) is 1. The van der Waals surface area contributed by atoms with Gasteiger partial charge in [0.15, 0.2) is 0 Å². The van der Waals surface area contributed by atoms with E-state index >= 15 is 0 Å². The van der Waals surface area contributed by atoms with Crippen molar-refractivity contribution in [3.63, 3.8) is 0 Å². The summed E-state index contributed by atoms with van der Waals surface area (Å²) < 4.78 is 5.29. The summed E-state index contributed by atoms with van der Waals surface area (Å²) in [5, 5.41) is 4.96. The summed E-state index contributed by atoms with van der Waals surface area (Å²) in [6.07, 6.45) is 5.03. The number of benzene rings is 2. The van der Waals surface area contributed by atoms with Crippen LogP contribution in [0.4, 0.5) is 10.5 Å². The second-order valence-electron chi connectivity index (χ2n) is 7.09. The normalized spacial score (nSPS) is 20.5. The van der Waals surface area contributed by atoms with Crippen molar-refractivity contribution in [2.24, 2.45) is 0 Å². The van der Waals surface area contributed by atoms with E-state index in [0.29, 0.717) is 26.9 Å². The Kier molecular flexibility index (Phi) is 5.04. The summed E-state index contributed by atoms with van der Waals surface area (Å²) in [5.41, 5.74) is 1.18. The second kappa shape index (κ2) is 7.75. The van der Waals surface area contributed by atoms with E-state index in [2.05, 4.69) is 10.3 Å². The predicted molar refractivity (Wildman–Crippen MR) is 124 cm³/mol. The molecule has 0 aliphatic carbocycles. The minimum atomic E-state index is -0.516. The number of hydrogen-bond donors (Lipinski definition) is 1. The van der Waals surface area contributed by atoms with E-state index in [1.165, 1.54) is 18.0 Å². The first-order chi connectivity index (χ1) is 15.0. The van der Waals surface area contributed by atoms with Crippen LogP contribution in [-0.4, -0.2) is 35.3 Å². The summed E-state index contributed by atoms with van der Waals surface area (Å²) in [5.74, 6) is 0.349. The molecule has 6 nitrogen and oxygen atoms in total. The molecule has 2 aliphatic rings. The first kappa shape index (κ1) is 20.2. The number of pyridine rings is 1. The number of halogens is 2. The predicted octanol–water partition coefficient (Wildman–Crippen LogP) is 5.13. The number of carbonyl (C=O) groups is 2. The van der Waals surface area contributed by atoms with Crippen molar-refractivity contribution in [1.29, 1.82) is 0 Å². The van der Waals surface area contributed by atoms with E-state index in [-0.39, 0.29) is 5.91 Å². The van der Waals surface area contributed by atoms with Crippen molar-refractivity contribution in [2.75, 3.05) is 12.0 Å². The van der Waals surface area contributed by atoms with Crippen LogP contribution < -0.4 is 15.0 Å². The first-order valence-corrected chi connectivity index (χ1v) is 11.0. The number of nitrogens with one attached hydrogen (secondary N) is 1. The van der Waals surface area contributed by atoms with Gasteiger partial charge in [0.25, 0.3) is 5.91 Å². The molecule has 3 amide bonds. The number of thioether (sulfide) groups is 1. The molecule has 0 spiro atoms. The van der Waals surface area contributed by atoms with Gasteiger partial charge in [-0.1, -0.05) is 29.3 Å². The molecule has 1 saturated heterocycles. The van der Waals surface area contributed by atoms with Crippen LogP contribution in [0.15, 0.2) is 54.9 Å². The fourth-order valence-electron chi connectivity index (χ4n) is 3.77. The average molecular weight is 472 g/mol. The molecule has 2 atom stereocenters. The number of fused-ring (bicyclic) bond motifs is 2.